The molecule has 0 bridgehead atoms. The number of para-hydroxylation sites is 1. The Morgan fingerprint density at radius 3 is 2.95 bits per heavy atom. The number of carbonyl (C=O) groups excluding carboxylic acids is 1. The minimum atomic E-state index is -0.218. The van der Waals surface area contributed by atoms with Crippen LogP contribution in [0.25, 0.3) is 10.9 Å². The molecule has 0 aliphatic heterocycles. The van der Waals surface area contributed by atoms with Crippen LogP contribution in [0.3, 0.4) is 0 Å². The van der Waals surface area contributed by atoms with E-state index in [2.05, 4.69) is 16.9 Å². The number of nitrogens with zero attached hydrogens (tertiary/aromatic N) is 2. The van der Waals surface area contributed by atoms with Crippen LogP contribution in [0.1, 0.15) is 5.56 Å². The minimum absolute atomic E-state index is 0.0700. The predicted octanol–water partition coefficient (Wildman–Crippen LogP) is 1.92. The van der Waals surface area contributed by atoms with Gasteiger partial charge in [0.25, 0.3) is 0 Å². The molecule has 1 aromatic carbocycles. The van der Waals surface area contributed by atoms with Crippen LogP contribution in [0.2, 0.25) is 0 Å². The summed E-state index contributed by atoms with van der Waals surface area (Å²) in [6, 6.07) is 9.49. The number of aliphatic hydroxyl groups is 1. The van der Waals surface area contributed by atoms with Gasteiger partial charge in [0.1, 0.15) is 0 Å². The maximum absolute atomic E-state index is 12.1. The first-order valence-corrected chi connectivity index (χ1v) is 6.83. The van der Waals surface area contributed by atoms with E-state index in [1.807, 2.05) is 30.3 Å². The van der Waals surface area contributed by atoms with Crippen LogP contribution in [0, 0.1) is 0 Å². The van der Waals surface area contributed by atoms with E-state index < -0.39 is 0 Å². The number of urea groups is 1. The topological polar surface area (TPSA) is 65.5 Å². The average Bonchev–Trinajstić information content (AvgIpc) is 2.52. The summed E-state index contributed by atoms with van der Waals surface area (Å²) < 4.78 is 0. The normalized spacial score (nSPS) is 10.3. The molecule has 5 nitrogen and oxygen atoms in total. The summed E-state index contributed by atoms with van der Waals surface area (Å²) in [4.78, 5) is 17.9. The molecule has 0 fully saturated rings. The molecule has 110 valence electrons. The number of pyridine rings is 1. The van der Waals surface area contributed by atoms with Crippen molar-refractivity contribution in [3.8, 4) is 0 Å². The van der Waals surface area contributed by atoms with Gasteiger partial charge in [0.15, 0.2) is 0 Å². The van der Waals surface area contributed by atoms with Gasteiger partial charge in [0.2, 0.25) is 0 Å². The first-order chi connectivity index (χ1) is 10.3. The largest absolute Gasteiger partial charge is 0.395 e. The van der Waals surface area contributed by atoms with Crippen LogP contribution in [-0.4, -0.2) is 40.7 Å². The standard InChI is InChI=1S/C16H19N3O2/c1-2-9-19(10-11-20)16(21)18-12-13-7-8-17-15-6-4-3-5-14(13)15/h2-8,20H,1,9-12H2,(H,18,21). The molecule has 2 N–H and O–H groups in total. The fourth-order valence-electron chi connectivity index (χ4n) is 2.14. The molecule has 0 unspecified atom stereocenters. The van der Waals surface area contributed by atoms with Gasteiger partial charge in [0.05, 0.1) is 12.1 Å². The monoisotopic (exact) mass is 285 g/mol. The maximum Gasteiger partial charge on any atom is 0.318 e. The summed E-state index contributed by atoms with van der Waals surface area (Å²) in [5, 5.41) is 12.9. The summed E-state index contributed by atoms with van der Waals surface area (Å²) in [5.74, 6) is 0. The molecule has 2 rings (SSSR count). The fraction of sp³-hybridized carbons (Fsp3) is 0.250. The third-order valence-electron chi connectivity index (χ3n) is 3.18. The number of fused-ring (bicyclic) bond motifs is 1. The zero-order chi connectivity index (χ0) is 15.1. The quantitative estimate of drug-likeness (QED) is 0.797. The molecule has 0 aliphatic rings. The Hall–Kier alpha value is -2.40. The third-order valence-corrected chi connectivity index (χ3v) is 3.18. The highest BCUT2D eigenvalue weighted by Gasteiger charge is 2.11. The van der Waals surface area contributed by atoms with Crippen LogP contribution in [0.4, 0.5) is 4.79 Å². The van der Waals surface area contributed by atoms with Gasteiger partial charge >= 0.3 is 6.03 Å². The van der Waals surface area contributed by atoms with Crippen molar-refractivity contribution >= 4 is 16.9 Å². The molecule has 5 heteroatoms. The second kappa shape index (κ2) is 7.40. The molecule has 1 aromatic heterocycles. The summed E-state index contributed by atoms with van der Waals surface area (Å²) in [6.07, 6.45) is 3.37. The molecule has 0 radical (unpaired) electrons. The fourth-order valence-corrected chi connectivity index (χ4v) is 2.14. The first-order valence-electron chi connectivity index (χ1n) is 6.83. The van der Waals surface area contributed by atoms with E-state index in [-0.39, 0.29) is 19.2 Å². The van der Waals surface area contributed by atoms with Crippen molar-refractivity contribution in [2.24, 2.45) is 0 Å². The number of carbonyl (C=O) groups is 1. The highest BCUT2D eigenvalue weighted by molar-refractivity contribution is 5.82. The van der Waals surface area contributed by atoms with Crippen LogP contribution >= 0.6 is 0 Å². The second-order valence-corrected chi connectivity index (χ2v) is 4.60. The van der Waals surface area contributed by atoms with Crippen LogP contribution in [-0.2, 0) is 6.54 Å². The van der Waals surface area contributed by atoms with Gasteiger partial charge in [-0.05, 0) is 17.7 Å². The Balaban J connectivity index is 2.07. The molecule has 0 atom stereocenters. The number of hydrogen-bond donors (Lipinski definition) is 2. The van der Waals surface area contributed by atoms with Crippen LogP contribution in [0.5, 0.6) is 0 Å². The van der Waals surface area contributed by atoms with E-state index in [9.17, 15) is 4.79 Å². The Kier molecular flexibility index (Phi) is 5.29. The summed E-state index contributed by atoms with van der Waals surface area (Å²) in [6.45, 7) is 4.65. The van der Waals surface area contributed by atoms with Crippen molar-refractivity contribution in [3.63, 3.8) is 0 Å². The first kappa shape index (κ1) is 15.0. The van der Waals surface area contributed by atoms with E-state index in [1.54, 1.807) is 12.3 Å². The summed E-state index contributed by atoms with van der Waals surface area (Å²) in [7, 11) is 0. The smallest absolute Gasteiger partial charge is 0.318 e. The molecular weight excluding hydrogens is 266 g/mol. The van der Waals surface area contributed by atoms with Gasteiger partial charge in [-0.3, -0.25) is 4.98 Å². The molecule has 2 amide bonds. The van der Waals surface area contributed by atoms with Gasteiger partial charge in [-0.2, -0.15) is 0 Å². The van der Waals surface area contributed by atoms with E-state index in [1.165, 1.54) is 4.90 Å². The Bertz CT molecular complexity index is 622. The lowest BCUT2D eigenvalue weighted by Crippen LogP contribution is -2.41. The van der Waals surface area contributed by atoms with Gasteiger partial charge in [0, 0.05) is 31.2 Å². The number of amides is 2. The zero-order valence-electron chi connectivity index (χ0n) is 11.8. The van der Waals surface area contributed by atoms with Gasteiger partial charge < -0.3 is 15.3 Å². The molecule has 0 saturated heterocycles. The van der Waals surface area contributed by atoms with Crippen molar-refractivity contribution in [3.05, 3.63) is 54.7 Å². The number of aromatic nitrogens is 1. The van der Waals surface area contributed by atoms with Crippen molar-refractivity contribution < 1.29 is 9.90 Å². The number of benzene rings is 1. The van der Waals surface area contributed by atoms with Crippen LogP contribution < -0.4 is 5.32 Å². The van der Waals surface area contributed by atoms with Crippen molar-refractivity contribution in [2.75, 3.05) is 19.7 Å². The lowest BCUT2D eigenvalue weighted by atomic mass is 10.1. The minimum Gasteiger partial charge on any atom is -0.395 e. The van der Waals surface area contributed by atoms with Gasteiger partial charge in [-0.25, -0.2) is 4.79 Å². The number of nitrogens with one attached hydrogen (secondary N) is 1. The molecular formula is C16H19N3O2. The molecule has 2 aromatic rings. The summed E-state index contributed by atoms with van der Waals surface area (Å²) >= 11 is 0. The highest BCUT2D eigenvalue weighted by atomic mass is 16.3. The van der Waals surface area contributed by atoms with Gasteiger partial charge in [-0.15, -0.1) is 6.58 Å². The average molecular weight is 285 g/mol. The number of rotatable bonds is 6. The molecule has 21 heavy (non-hydrogen) atoms. The van der Waals surface area contributed by atoms with Crippen molar-refractivity contribution in [1.82, 2.24) is 15.2 Å². The highest BCUT2D eigenvalue weighted by Crippen LogP contribution is 2.15. The maximum atomic E-state index is 12.1. The Morgan fingerprint density at radius 1 is 1.38 bits per heavy atom. The predicted molar refractivity (Wildman–Crippen MR) is 82.8 cm³/mol. The lowest BCUT2D eigenvalue weighted by Gasteiger charge is -2.20. The molecule has 0 aliphatic carbocycles. The summed E-state index contributed by atoms with van der Waals surface area (Å²) in [5.41, 5.74) is 1.92. The third kappa shape index (κ3) is 3.79. The van der Waals surface area contributed by atoms with Crippen molar-refractivity contribution in [1.29, 1.82) is 0 Å². The Morgan fingerprint density at radius 2 is 2.19 bits per heavy atom. The van der Waals surface area contributed by atoms with E-state index in [4.69, 9.17) is 5.11 Å². The zero-order valence-corrected chi connectivity index (χ0v) is 11.8. The lowest BCUT2D eigenvalue weighted by molar-refractivity contribution is 0.183. The van der Waals surface area contributed by atoms with E-state index >= 15 is 0 Å². The van der Waals surface area contributed by atoms with Crippen molar-refractivity contribution in [2.45, 2.75) is 6.54 Å². The number of aliphatic hydroxyl groups excluding tert-OH is 1. The van der Waals surface area contributed by atoms with Gasteiger partial charge in [-0.1, -0.05) is 24.3 Å². The Labute approximate surface area is 123 Å². The SMILES string of the molecule is C=CCN(CCO)C(=O)NCc1ccnc2ccccc12. The molecule has 0 spiro atoms. The molecule has 1 heterocycles. The second-order valence-electron chi connectivity index (χ2n) is 4.60. The van der Waals surface area contributed by atoms with E-state index in [0.29, 0.717) is 13.1 Å². The molecule has 0 saturated carbocycles. The van der Waals surface area contributed by atoms with Crippen LogP contribution in [0.15, 0.2) is 49.2 Å². The number of hydrogen-bond acceptors (Lipinski definition) is 3. The van der Waals surface area contributed by atoms with E-state index in [0.717, 1.165) is 16.5 Å².